The molecule has 1 aromatic heterocycles. The Labute approximate surface area is 176 Å². The second kappa shape index (κ2) is 7.63. The summed E-state index contributed by atoms with van der Waals surface area (Å²) in [7, 11) is 0. The number of nitrogens with zero attached hydrogens (tertiary/aromatic N) is 3. The van der Waals surface area contributed by atoms with E-state index >= 15 is 0 Å². The second-order valence-corrected chi connectivity index (χ2v) is 7.37. The molecule has 0 bridgehead atoms. The summed E-state index contributed by atoms with van der Waals surface area (Å²) in [6, 6.07) is 9.20. The fourth-order valence-corrected chi connectivity index (χ4v) is 3.96. The minimum Gasteiger partial charge on any atom is -0.377 e. The molecule has 2 amide bonds. The molecule has 1 aromatic carbocycles. The molecule has 1 N–H and O–H groups in total. The van der Waals surface area contributed by atoms with Gasteiger partial charge in [0.2, 0.25) is 0 Å². The summed E-state index contributed by atoms with van der Waals surface area (Å²) in [5, 5.41) is 3.62. The van der Waals surface area contributed by atoms with Crippen LogP contribution in [0.2, 0.25) is 10.2 Å². The number of amides is 2. The third-order valence-electron chi connectivity index (χ3n) is 4.47. The zero-order chi connectivity index (χ0) is 19.8. The molecule has 2 aliphatic rings. The van der Waals surface area contributed by atoms with E-state index in [4.69, 9.17) is 40.2 Å². The normalized spacial score (nSPS) is 19.0. The van der Waals surface area contributed by atoms with Crippen molar-refractivity contribution in [3.8, 4) is 0 Å². The number of hydrogen-bond acceptors (Lipinski definition) is 5. The van der Waals surface area contributed by atoms with Gasteiger partial charge in [-0.25, -0.2) is 4.98 Å². The van der Waals surface area contributed by atoms with Crippen molar-refractivity contribution in [2.75, 3.05) is 30.0 Å². The zero-order valence-corrected chi connectivity index (χ0v) is 16.7. The van der Waals surface area contributed by atoms with Crippen LogP contribution in [0.3, 0.4) is 0 Å². The van der Waals surface area contributed by atoms with E-state index in [9.17, 15) is 9.59 Å². The van der Waals surface area contributed by atoms with Gasteiger partial charge in [-0.15, -0.1) is 0 Å². The minimum atomic E-state index is -0.425. The summed E-state index contributed by atoms with van der Waals surface area (Å²) in [6.45, 7) is 1.38. The van der Waals surface area contributed by atoms with E-state index in [1.165, 1.54) is 4.90 Å². The number of nitrogens with one attached hydrogen (secondary N) is 1. The highest BCUT2D eigenvalue weighted by Crippen LogP contribution is 2.34. The third kappa shape index (κ3) is 3.44. The quantitative estimate of drug-likeness (QED) is 0.588. The highest BCUT2D eigenvalue weighted by molar-refractivity contribution is 7.80. The first-order chi connectivity index (χ1) is 13.5. The number of carbonyl (C=O) groups excluding carboxylic acids is 2. The molecule has 2 fully saturated rings. The molecule has 2 saturated heterocycles. The summed E-state index contributed by atoms with van der Waals surface area (Å²) in [6.07, 6.45) is 0. The van der Waals surface area contributed by atoms with Crippen molar-refractivity contribution in [2.24, 2.45) is 0 Å². The topological polar surface area (TPSA) is 74.8 Å². The molecule has 0 saturated carbocycles. The number of morpholine rings is 1. The van der Waals surface area contributed by atoms with Gasteiger partial charge in [-0.05, 0) is 42.5 Å². The van der Waals surface area contributed by atoms with Gasteiger partial charge < -0.3 is 15.0 Å². The Morgan fingerprint density at radius 2 is 2.11 bits per heavy atom. The Bertz CT molecular complexity index is 963. The molecule has 0 spiro atoms. The second-order valence-electron chi connectivity index (χ2n) is 6.21. The number of ether oxygens (including phenoxy) is 1. The molecule has 0 aliphatic carbocycles. The van der Waals surface area contributed by atoms with E-state index in [2.05, 4.69) is 10.3 Å². The van der Waals surface area contributed by atoms with E-state index in [-0.39, 0.29) is 21.8 Å². The summed E-state index contributed by atoms with van der Waals surface area (Å²) < 4.78 is 5.39. The van der Waals surface area contributed by atoms with E-state index in [0.717, 1.165) is 0 Å². The van der Waals surface area contributed by atoms with Gasteiger partial charge in [-0.1, -0.05) is 29.3 Å². The average Bonchev–Trinajstić information content (AvgIpc) is 2.93. The SMILES string of the molecule is O=C(Nc1ccc(N2C(=O)C3COCCN3C2=S)c(Cl)c1)c1cccc(Cl)n1. The number of thiocarbonyl (C=S) groups is 1. The minimum absolute atomic E-state index is 0.175. The van der Waals surface area contributed by atoms with Crippen LogP contribution >= 0.6 is 35.4 Å². The van der Waals surface area contributed by atoms with Crippen molar-refractivity contribution >= 4 is 63.7 Å². The molecule has 144 valence electrons. The van der Waals surface area contributed by atoms with Crippen molar-refractivity contribution in [1.82, 2.24) is 9.88 Å². The number of aromatic nitrogens is 1. The number of benzene rings is 1. The first-order valence-corrected chi connectivity index (χ1v) is 9.58. The predicted molar refractivity (Wildman–Crippen MR) is 110 cm³/mol. The van der Waals surface area contributed by atoms with Gasteiger partial charge in [0.15, 0.2) is 5.11 Å². The van der Waals surface area contributed by atoms with Gasteiger partial charge >= 0.3 is 0 Å². The maximum absolute atomic E-state index is 12.8. The summed E-state index contributed by atoms with van der Waals surface area (Å²) >= 11 is 17.7. The number of anilines is 2. The Hall–Kier alpha value is -2.26. The summed E-state index contributed by atoms with van der Waals surface area (Å²) in [5.41, 5.74) is 1.10. The number of halogens is 2. The fourth-order valence-electron chi connectivity index (χ4n) is 3.13. The van der Waals surface area contributed by atoms with Gasteiger partial charge in [0.25, 0.3) is 11.8 Å². The number of carbonyl (C=O) groups is 2. The van der Waals surface area contributed by atoms with Crippen LogP contribution in [-0.2, 0) is 9.53 Å². The number of pyridine rings is 1. The third-order valence-corrected chi connectivity index (χ3v) is 5.40. The van der Waals surface area contributed by atoms with E-state index in [1.807, 2.05) is 4.90 Å². The van der Waals surface area contributed by atoms with Crippen LogP contribution < -0.4 is 10.2 Å². The van der Waals surface area contributed by atoms with Gasteiger partial charge in [0, 0.05) is 12.2 Å². The molecule has 1 atom stereocenters. The summed E-state index contributed by atoms with van der Waals surface area (Å²) in [4.78, 5) is 32.3. The Kier molecular flexibility index (Phi) is 5.20. The molecule has 3 heterocycles. The molecule has 10 heteroatoms. The van der Waals surface area contributed by atoms with Crippen molar-refractivity contribution in [3.63, 3.8) is 0 Å². The lowest BCUT2D eigenvalue weighted by Gasteiger charge is -2.28. The number of hydrogen-bond donors (Lipinski definition) is 1. The van der Waals surface area contributed by atoms with Crippen molar-refractivity contribution < 1.29 is 14.3 Å². The molecule has 4 rings (SSSR count). The van der Waals surface area contributed by atoms with Crippen LogP contribution in [0.15, 0.2) is 36.4 Å². The molecule has 1 unspecified atom stereocenters. The van der Waals surface area contributed by atoms with E-state index in [0.29, 0.717) is 36.2 Å². The fraction of sp³-hybridized carbons (Fsp3) is 0.222. The molecule has 2 aromatic rings. The van der Waals surface area contributed by atoms with Gasteiger partial charge in [-0.3, -0.25) is 14.5 Å². The zero-order valence-electron chi connectivity index (χ0n) is 14.4. The van der Waals surface area contributed by atoms with Crippen molar-refractivity contribution in [1.29, 1.82) is 0 Å². The Morgan fingerprint density at radius 1 is 1.29 bits per heavy atom. The maximum atomic E-state index is 12.8. The molecule has 0 radical (unpaired) electrons. The average molecular weight is 437 g/mol. The summed E-state index contributed by atoms with van der Waals surface area (Å²) in [5.74, 6) is -0.597. The van der Waals surface area contributed by atoms with Gasteiger partial charge in [-0.2, -0.15) is 0 Å². The Balaban J connectivity index is 1.56. The number of rotatable bonds is 3. The highest BCUT2D eigenvalue weighted by atomic mass is 35.5. The van der Waals surface area contributed by atoms with Crippen molar-refractivity contribution in [2.45, 2.75) is 6.04 Å². The van der Waals surface area contributed by atoms with Crippen LogP contribution in [0.25, 0.3) is 0 Å². The van der Waals surface area contributed by atoms with Crippen LogP contribution in [0.5, 0.6) is 0 Å². The smallest absolute Gasteiger partial charge is 0.274 e. The van der Waals surface area contributed by atoms with Crippen LogP contribution in [0.1, 0.15) is 10.5 Å². The van der Waals surface area contributed by atoms with Crippen LogP contribution in [0, 0.1) is 0 Å². The predicted octanol–water partition coefficient (Wildman–Crippen LogP) is 2.97. The molecular formula is C18H14Cl2N4O3S. The molecule has 28 heavy (non-hydrogen) atoms. The first-order valence-electron chi connectivity index (χ1n) is 8.41. The van der Waals surface area contributed by atoms with Gasteiger partial charge in [0.1, 0.15) is 16.9 Å². The van der Waals surface area contributed by atoms with Crippen molar-refractivity contribution in [3.05, 3.63) is 52.3 Å². The van der Waals surface area contributed by atoms with E-state index in [1.54, 1.807) is 36.4 Å². The first kappa shape index (κ1) is 19.1. The van der Waals surface area contributed by atoms with Crippen LogP contribution in [-0.4, -0.2) is 52.6 Å². The lowest BCUT2D eigenvalue weighted by molar-refractivity contribution is -0.123. The maximum Gasteiger partial charge on any atom is 0.274 e. The molecule has 7 nitrogen and oxygen atoms in total. The van der Waals surface area contributed by atoms with E-state index < -0.39 is 11.9 Å². The standard InChI is InChI=1S/C18H14Cl2N4O3S/c19-11-8-10(21-16(25)12-2-1-3-15(20)22-12)4-5-13(11)24-17(26)14-9-27-7-6-23(14)18(24)28/h1-5,8,14H,6-7,9H2,(H,21,25). The van der Waals surface area contributed by atoms with Crippen LogP contribution in [0.4, 0.5) is 11.4 Å². The lowest BCUT2D eigenvalue weighted by atomic mass is 10.2. The van der Waals surface area contributed by atoms with Gasteiger partial charge in [0.05, 0.1) is 23.9 Å². The Morgan fingerprint density at radius 3 is 2.82 bits per heavy atom. The lowest BCUT2D eigenvalue weighted by Crippen LogP contribution is -2.44. The molecular weight excluding hydrogens is 423 g/mol. The highest BCUT2D eigenvalue weighted by Gasteiger charge is 2.45. The monoisotopic (exact) mass is 436 g/mol. The molecule has 2 aliphatic heterocycles. The number of fused-ring (bicyclic) bond motifs is 1. The largest absolute Gasteiger partial charge is 0.377 e.